The number of rotatable bonds is 13. The van der Waals surface area contributed by atoms with E-state index in [0.29, 0.717) is 19.4 Å². The average Bonchev–Trinajstić information content (AvgIpc) is 2.61. The van der Waals surface area contributed by atoms with Crippen LogP contribution in [-0.2, 0) is 20.8 Å². The summed E-state index contributed by atoms with van der Waals surface area (Å²) < 4.78 is 0. The summed E-state index contributed by atoms with van der Waals surface area (Å²) in [6.45, 7) is 3.97. The predicted molar refractivity (Wildman–Crippen MR) is 105 cm³/mol. The number of nitrogens with one attached hydrogen (secondary N) is 2. The van der Waals surface area contributed by atoms with E-state index in [9.17, 15) is 14.4 Å². The molecule has 0 saturated heterocycles. The van der Waals surface area contributed by atoms with Crippen molar-refractivity contribution >= 4 is 17.8 Å². The lowest BCUT2D eigenvalue weighted by molar-refractivity contribution is -0.143. The maximum Gasteiger partial charge on any atom is 0.306 e. The van der Waals surface area contributed by atoms with E-state index in [0.717, 1.165) is 37.7 Å². The molecule has 0 bridgehead atoms. The molecule has 0 aliphatic heterocycles. The molecule has 6 nitrogen and oxygen atoms in total. The summed E-state index contributed by atoms with van der Waals surface area (Å²) >= 11 is 0. The summed E-state index contributed by atoms with van der Waals surface area (Å²) in [6, 6.07) is 9.69. The third-order valence-corrected chi connectivity index (χ3v) is 4.47. The van der Waals surface area contributed by atoms with E-state index in [4.69, 9.17) is 5.11 Å². The van der Waals surface area contributed by atoms with Crippen molar-refractivity contribution in [2.24, 2.45) is 0 Å². The minimum absolute atomic E-state index is 0.284. The van der Waals surface area contributed by atoms with Gasteiger partial charge in [0.05, 0.1) is 6.42 Å². The molecule has 0 saturated carbocycles. The largest absolute Gasteiger partial charge is 0.481 e. The van der Waals surface area contributed by atoms with Crippen LogP contribution in [0.25, 0.3) is 0 Å². The number of carboxylic acid groups (broad SMARTS) is 1. The average molecular weight is 376 g/mol. The number of carbonyl (C=O) groups is 3. The highest BCUT2D eigenvalue weighted by Gasteiger charge is 2.36. The van der Waals surface area contributed by atoms with E-state index in [-0.39, 0.29) is 5.91 Å². The summed E-state index contributed by atoms with van der Waals surface area (Å²) in [5.74, 6) is -1.88. The van der Waals surface area contributed by atoms with Gasteiger partial charge < -0.3 is 15.7 Å². The summed E-state index contributed by atoms with van der Waals surface area (Å²) in [4.78, 5) is 35.9. The molecule has 27 heavy (non-hydrogen) atoms. The second-order valence-electron chi connectivity index (χ2n) is 7.11. The Morgan fingerprint density at radius 3 is 2.33 bits per heavy atom. The first-order valence-corrected chi connectivity index (χ1v) is 9.72. The van der Waals surface area contributed by atoms with Crippen molar-refractivity contribution in [1.82, 2.24) is 10.6 Å². The van der Waals surface area contributed by atoms with Gasteiger partial charge in [0.15, 0.2) is 0 Å². The van der Waals surface area contributed by atoms with Gasteiger partial charge in [-0.05, 0) is 25.3 Å². The Morgan fingerprint density at radius 1 is 1.04 bits per heavy atom. The number of unbranched alkanes of at least 4 members (excludes halogenated alkanes) is 4. The van der Waals surface area contributed by atoms with E-state index in [1.807, 2.05) is 30.3 Å². The normalized spacial score (nSPS) is 12.8. The number of carbonyl (C=O) groups excluding carboxylic acids is 2. The molecule has 0 aromatic heterocycles. The summed E-state index contributed by atoms with van der Waals surface area (Å²) in [5, 5.41) is 14.5. The monoisotopic (exact) mass is 376 g/mol. The van der Waals surface area contributed by atoms with Crippen molar-refractivity contribution in [2.45, 2.75) is 70.8 Å². The van der Waals surface area contributed by atoms with Gasteiger partial charge in [-0.15, -0.1) is 0 Å². The van der Waals surface area contributed by atoms with Crippen LogP contribution < -0.4 is 10.6 Å². The van der Waals surface area contributed by atoms with Crippen LogP contribution in [0.4, 0.5) is 0 Å². The highest BCUT2D eigenvalue weighted by molar-refractivity contribution is 5.94. The summed E-state index contributed by atoms with van der Waals surface area (Å²) in [7, 11) is 0. The van der Waals surface area contributed by atoms with Gasteiger partial charge in [0.2, 0.25) is 11.8 Å². The van der Waals surface area contributed by atoms with Crippen molar-refractivity contribution < 1.29 is 19.5 Å². The smallest absolute Gasteiger partial charge is 0.306 e. The number of carboxylic acids is 1. The molecule has 150 valence electrons. The molecule has 0 heterocycles. The molecular weight excluding hydrogens is 344 g/mol. The number of benzene rings is 1. The number of aliphatic carboxylic acids is 1. The fourth-order valence-corrected chi connectivity index (χ4v) is 2.90. The first-order valence-electron chi connectivity index (χ1n) is 9.72. The molecule has 6 heteroatoms. The lowest BCUT2D eigenvalue weighted by atomic mass is 9.95. The standard InChI is InChI=1S/C21H32N2O4/c1-3-4-5-6-10-13-18(24)23-21(2,16-19(25)26)20(27)22-15-14-17-11-8-7-9-12-17/h7-9,11-12H,3-6,10,13-16H2,1-2H3,(H,22,27)(H,23,24)(H,25,26)/t21-/m1/s1. The van der Waals surface area contributed by atoms with Crippen molar-refractivity contribution in [3.63, 3.8) is 0 Å². The summed E-state index contributed by atoms with van der Waals surface area (Å²) in [5.41, 5.74) is -0.378. The minimum atomic E-state index is -1.46. The van der Waals surface area contributed by atoms with Gasteiger partial charge >= 0.3 is 5.97 Å². The molecule has 0 unspecified atom stereocenters. The second-order valence-corrected chi connectivity index (χ2v) is 7.11. The van der Waals surface area contributed by atoms with Crippen LogP contribution in [0.5, 0.6) is 0 Å². The maximum atomic E-state index is 12.6. The second kappa shape index (κ2) is 12.1. The maximum absolute atomic E-state index is 12.6. The van der Waals surface area contributed by atoms with E-state index in [1.165, 1.54) is 6.92 Å². The molecule has 2 amide bonds. The zero-order valence-corrected chi connectivity index (χ0v) is 16.4. The molecule has 0 aliphatic carbocycles. The van der Waals surface area contributed by atoms with Gasteiger partial charge in [-0.2, -0.15) is 0 Å². The molecule has 1 atom stereocenters. The molecule has 0 aliphatic rings. The Hall–Kier alpha value is -2.37. The van der Waals surface area contributed by atoms with Crippen molar-refractivity contribution in [3.05, 3.63) is 35.9 Å². The zero-order valence-electron chi connectivity index (χ0n) is 16.4. The van der Waals surface area contributed by atoms with Crippen LogP contribution in [0.1, 0.15) is 64.4 Å². The molecule has 0 radical (unpaired) electrons. The van der Waals surface area contributed by atoms with E-state index in [1.54, 1.807) is 0 Å². The van der Waals surface area contributed by atoms with Crippen LogP contribution in [-0.4, -0.2) is 35.0 Å². The lowest BCUT2D eigenvalue weighted by Gasteiger charge is -2.28. The Labute approximate surface area is 161 Å². The van der Waals surface area contributed by atoms with Gasteiger partial charge in [0.25, 0.3) is 0 Å². The highest BCUT2D eigenvalue weighted by Crippen LogP contribution is 2.12. The van der Waals surface area contributed by atoms with Crippen LogP contribution in [0, 0.1) is 0 Å². The lowest BCUT2D eigenvalue weighted by Crippen LogP contribution is -2.58. The van der Waals surface area contributed by atoms with E-state index in [2.05, 4.69) is 17.6 Å². The Bertz CT molecular complexity index is 603. The van der Waals surface area contributed by atoms with Crippen molar-refractivity contribution in [2.75, 3.05) is 6.54 Å². The molecule has 0 spiro atoms. The predicted octanol–water partition coefficient (Wildman–Crippen LogP) is 3.06. The fraction of sp³-hybridized carbons (Fsp3) is 0.571. The fourth-order valence-electron chi connectivity index (χ4n) is 2.90. The third kappa shape index (κ3) is 9.22. The number of amides is 2. The van der Waals surface area contributed by atoms with Crippen LogP contribution in [0.15, 0.2) is 30.3 Å². The topological polar surface area (TPSA) is 95.5 Å². The molecule has 0 fully saturated rings. The first kappa shape index (κ1) is 22.7. The van der Waals surface area contributed by atoms with Gasteiger partial charge in [-0.1, -0.05) is 62.9 Å². The highest BCUT2D eigenvalue weighted by atomic mass is 16.4. The van der Waals surface area contributed by atoms with Gasteiger partial charge in [0, 0.05) is 13.0 Å². The number of hydrogen-bond acceptors (Lipinski definition) is 3. The van der Waals surface area contributed by atoms with Gasteiger partial charge in [-0.25, -0.2) is 0 Å². The molecule has 1 aromatic carbocycles. The molecule has 1 rings (SSSR count). The minimum Gasteiger partial charge on any atom is -0.481 e. The molecule has 1 aromatic rings. The Kier molecular flexibility index (Phi) is 10.2. The summed E-state index contributed by atoms with van der Waals surface area (Å²) in [6.07, 6.45) is 5.54. The molecule has 3 N–H and O–H groups in total. The van der Waals surface area contributed by atoms with Crippen molar-refractivity contribution in [3.8, 4) is 0 Å². The zero-order chi connectivity index (χ0) is 20.1. The number of hydrogen-bond donors (Lipinski definition) is 3. The van der Waals surface area contributed by atoms with Gasteiger partial charge in [0.1, 0.15) is 5.54 Å². The SMILES string of the molecule is CCCCCCCC(=O)N[C@](C)(CC(=O)O)C(=O)NCCc1ccccc1. The van der Waals surface area contributed by atoms with Crippen LogP contribution in [0.3, 0.4) is 0 Å². The van der Waals surface area contributed by atoms with E-state index < -0.39 is 23.8 Å². The van der Waals surface area contributed by atoms with Crippen LogP contribution in [0.2, 0.25) is 0 Å². The van der Waals surface area contributed by atoms with E-state index >= 15 is 0 Å². The third-order valence-electron chi connectivity index (χ3n) is 4.47. The Morgan fingerprint density at radius 2 is 1.70 bits per heavy atom. The quantitative estimate of drug-likeness (QED) is 0.461. The molecular formula is C21H32N2O4. The van der Waals surface area contributed by atoms with Gasteiger partial charge in [-0.3, -0.25) is 14.4 Å². The van der Waals surface area contributed by atoms with Crippen LogP contribution >= 0.6 is 0 Å². The first-order chi connectivity index (χ1) is 12.9. The Balaban J connectivity index is 2.53. The van der Waals surface area contributed by atoms with Crippen molar-refractivity contribution in [1.29, 1.82) is 0 Å².